The molecule has 0 unspecified atom stereocenters. The van der Waals surface area contributed by atoms with Crippen LogP contribution in [-0.2, 0) is 4.74 Å². The minimum Gasteiger partial charge on any atom is -0.383 e. The zero-order chi connectivity index (χ0) is 20.3. The van der Waals surface area contributed by atoms with Crippen molar-refractivity contribution in [3.8, 4) is 21.8 Å². The van der Waals surface area contributed by atoms with Crippen molar-refractivity contribution in [3.63, 3.8) is 0 Å². The molecule has 0 atom stereocenters. The van der Waals surface area contributed by atoms with Gasteiger partial charge in [0.05, 0.1) is 16.9 Å². The van der Waals surface area contributed by atoms with Gasteiger partial charge in [0, 0.05) is 50.8 Å². The highest BCUT2D eigenvalue weighted by atomic mass is 32.1. The van der Waals surface area contributed by atoms with E-state index in [0.717, 1.165) is 60.7 Å². The lowest BCUT2D eigenvalue weighted by atomic mass is 10.1. The van der Waals surface area contributed by atoms with Crippen molar-refractivity contribution in [2.24, 2.45) is 0 Å². The van der Waals surface area contributed by atoms with Crippen LogP contribution in [0.4, 0.5) is 5.82 Å². The summed E-state index contributed by atoms with van der Waals surface area (Å²) in [7, 11) is 1.77. The molecule has 5 nitrogen and oxygen atoms in total. The molecule has 0 bridgehead atoms. The molecular weight excluding hydrogens is 412 g/mol. The van der Waals surface area contributed by atoms with Crippen LogP contribution in [0.3, 0.4) is 0 Å². The van der Waals surface area contributed by atoms with Crippen molar-refractivity contribution in [1.82, 2.24) is 14.9 Å². The Morgan fingerprint density at radius 3 is 2.53 bits per heavy atom. The molecule has 3 aromatic heterocycles. The van der Waals surface area contributed by atoms with Crippen LogP contribution >= 0.6 is 22.7 Å². The number of hydrogen-bond acceptors (Lipinski definition) is 7. The van der Waals surface area contributed by atoms with Crippen molar-refractivity contribution in [2.75, 3.05) is 51.3 Å². The minimum absolute atomic E-state index is 0.781. The number of benzene rings is 1. The Morgan fingerprint density at radius 1 is 0.967 bits per heavy atom. The van der Waals surface area contributed by atoms with E-state index in [2.05, 4.69) is 63.0 Å². The third-order valence-electron chi connectivity index (χ3n) is 5.52. The van der Waals surface area contributed by atoms with Gasteiger partial charge in [0.15, 0.2) is 5.82 Å². The summed E-state index contributed by atoms with van der Waals surface area (Å²) in [6, 6.07) is 14.7. The highest BCUT2D eigenvalue weighted by molar-refractivity contribution is 7.17. The summed E-state index contributed by atoms with van der Waals surface area (Å²) in [5.41, 5.74) is 2.45. The molecule has 1 fully saturated rings. The van der Waals surface area contributed by atoms with Crippen LogP contribution in [0.25, 0.3) is 32.0 Å². The number of rotatable bonds is 6. The normalized spacial score (nSPS) is 15.2. The quantitative estimate of drug-likeness (QED) is 0.432. The van der Waals surface area contributed by atoms with Gasteiger partial charge in [-0.15, -0.1) is 22.7 Å². The van der Waals surface area contributed by atoms with Gasteiger partial charge >= 0.3 is 0 Å². The Labute approximate surface area is 184 Å². The lowest BCUT2D eigenvalue weighted by Crippen LogP contribution is -2.47. The maximum Gasteiger partial charge on any atom is 0.173 e. The van der Waals surface area contributed by atoms with E-state index in [0.29, 0.717) is 0 Å². The van der Waals surface area contributed by atoms with Crippen molar-refractivity contribution in [3.05, 3.63) is 53.2 Å². The Balaban J connectivity index is 1.57. The van der Waals surface area contributed by atoms with Crippen LogP contribution in [0.1, 0.15) is 0 Å². The van der Waals surface area contributed by atoms with E-state index in [1.165, 1.54) is 16.5 Å². The second-order valence-electron chi connectivity index (χ2n) is 7.37. The van der Waals surface area contributed by atoms with E-state index >= 15 is 0 Å². The van der Waals surface area contributed by atoms with Crippen molar-refractivity contribution in [1.29, 1.82) is 0 Å². The summed E-state index contributed by atoms with van der Waals surface area (Å²) >= 11 is 3.40. The van der Waals surface area contributed by atoms with E-state index in [9.17, 15) is 0 Å². The van der Waals surface area contributed by atoms with Crippen LogP contribution in [0.5, 0.6) is 0 Å². The summed E-state index contributed by atoms with van der Waals surface area (Å²) in [5, 5.41) is 5.49. The monoisotopic (exact) mass is 436 g/mol. The summed E-state index contributed by atoms with van der Waals surface area (Å²) in [4.78, 5) is 17.1. The van der Waals surface area contributed by atoms with Gasteiger partial charge in [-0.1, -0.05) is 36.4 Å². The number of nitrogens with zero attached hydrogens (tertiary/aromatic N) is 4. The van der Waals surface area contributed by atoms with Crippen molar-refractivity contribution >= 4 is 38.7 Å². The molecule has 1 saturated heterocycles. The molecule has 0 radical (unpaired) electrons. The van der Waals surface area contributed by atoms with Gasteiger partial charge < -0.3 is 9.64 Å². The SMILES string of the molecule is COCCN1CCN(c2nc(-c3cccs3)nc3scc(-c4ccccc4)c23)CC1. The van der Waals surface area contributed by atoms with E-state index < -0.39 is 0 Å². The fraction of sp³-hybridized carbons (Fsp3) is 0.304. The number of methoxy groups -OCH3 is 1. The molecule has 0 N–H and O–H groups in total. The summed E-state index contributed by atoms with van der Waals surface area (Å²) in [6.45, 7) is 5.73. The Bertz CT molecular complexity index is 1100. The van der Waals surface area contributed by atoms with Gasteiger partial charge in [-0.05, 0) is 17.0 Å². The standard InChI is InChI=1S/C23H24N4OS2/c1-28-14-13-26-9-11-27(12-10-26)22-20-18(17-6-3-2-4-7-17)16-30-23(20)25-21(24-22)19-8-5-15-29-19/h2-8,15-16H,9-14H2,1H3. The van der Waals surface area contributed by atoms with E-state index in [-0.39, 0.29) is 0 Å². The van der Waals surface area contributed by atoms with Crippen molar-refractivity contribution < 1.29 is 4.74 Å². The third kappa shape index (κ3) is 3.86. The molecule has 7 heteroatoms. The van der Waals surface area contributed by atoms with Gasteiger partial charge in [0.2, 0.25) is 0 Å². The molecule has 30 heavy (non-hydrogen) atoms. The van der Waals surface area contributed by atoms with E-state index in [1.807, 2.05) is 0 Å². The second-order valence-corrected chi connectivity index (χ2v) is 9.17. The predicted octanol–water partition coefficient (Wildman–Crippen LogP) is 4.86. The third-order valence-corrected chi connectivity index (χ3v) is 7.26. The number of piperazine rings is 1. The van der Waals surface area contributed by atoms with Crippen LogP contribution < -0.4 is 4.90 Å². The van der Waals surface area contributed by atoms with E-state index in [4.69, 9.17) is 14.7 Å². The molecule has 1 aromatic carbocycles. The Morgan fingerprint density at radius 2 is 1.80 bits per heavy atom. The maximum absolute atomic E-state index is 5.25. The molecule has 0 aliphatic carbocycles. The first kappa shape index (κ1) is 19.6. The number of anilines is 1. The van der Waals surface area contributed by atoms with Gasteiger partial charge in [-0.3, -0.25) is 4.90 Å². The van der Waals surface area contributed by atoms with Gasteiger partial charge in [0.25, 0.3) is 0 Å². The predicted molar refractivity (Wildman–Crippen MR) is 127 cm³/mol. The summed E-state index contributed by atoms with van der Waals surface area (Å²) in [5.74, 6) is 1.89. The van der Waals surface area contributed by atoms with Crippen LogP contribution in [0, 0.1) is 0 Å². The fourth-order valence-corrected chi connectivity index (χ4v) is 5.50. The number of aromatic nitrogens is 2. The fourth-order valence-electron chi connectivity index (χ4n) is 3.90. The van der Waals surface area contributed by atoms with Crippen LogP contribution in [0.2, 0.25) is 0 Å². The lowest BCUT2D eigenvalue weighted by molar-refractivity contribution is 0.144. The number of hydrogen-bond donors (Lipinski definition) is 0. The molecule has 4 heterocycles. The molecule has 1 aliphatic rings. The number of fused-ring (bicyclic) bond motifs is 1. The van der Waals surface area contributed by atoms with Gasteiger partial charge in [-0.25, -0.2) is 9.97 Å². The minimum atomic E-state index is 0.781. The summed E-state index contributed by atoms with van der Waals surface area (Å²) < 4.78 is 5.25. The zero-order valence-corrected chi connectivity index (χ0v) is 18.6. The van der Waals surface area contributed by atoms with Crippen LogP contribution in [-0.4, -0.2) is 61.3 Å². The highest BCUT2D eigenvalue weighted by Gasteiger charge is 2.24. The molecule has 0 amide bonds. The van der Waals surface area contributed by atoms with Crippen LogP contribution in [0.15, 0.2) is 53.2 Å². The molecule has 5 rings (SSSR count). The average Bonchev–Trinajstić information content (AvgIpc) is 3.48. The van der Waals surface area contributed by atoms with E-state index in [1.54, 1.807) is 29.8 Å². The molecule has 154 valence electrons. The zero-order valence-electron chi connectivity index (χ0n) is 17.0. The molecule has 0 saturated carbocycles. The number of thiophene rings is 2. The first-order valence-electron chi connectivity index (χ1n) is 10.2. The smallest absolute Gasteiger partial charge is 0.173 e. The van der Waals surface area contributed by atoms with Gasteiger partial charge in [-0.2, -0.15) is 0 Å². The second kappa shape index (κ2) is 8.81. The lowest BCUT2D eigenvalue weighted by Gasteiger charge is -2.35. The molecular formula is C23H24N4OS2. The highest BCUT2D eigenvalue weighted by Crippen LogP contribution is 2.40. The molecule has 4 aromatic rings. The summed E-state index contributed by atoms with van der Waals surface area (Å²) in [6.07, 6.45) is 0. The molecule has 0 spiro atoms. The maximum atomic E-state index is 5.25. The van der Waals surface area contributed by atoms with Crippen molar-refractivity contribution in [2.45, 2.75) is 0 Å². The number of ether oxygens (including phenoxy) is 1. The molecule has 1 aliphatic heterocycles. The van der Waals surface area contributed by atoms with Gasteiger partial charge in [0.1, 0.15) is 10.6 Å². The Hall–Kier alpha value is -2.32. The average molecular weight is 437 g/mol. The first-order valence-corrected chi connectivity index (χ1v) is 11.9. The Kier molecular flexibility index (Phi) is 5.77. The topological polar surface area (TPSA) is 41.5 Å². The first-order chi connectivity index (χ1) is 14.8. The largest absolute Gasteiger partial charge is 0.383 e.